The molecular weight excluding hydrogens is 270 g/mol. The van der Waals surface area contributed by atoms with Crippen LogP contribution in [0.1, 0.15) is 77.6 Å². The molecule has 0 radical (unpaired) electrons. The minimum absolute atomic E-state index is 0.288. The van der Waals surface area contributed by atoms with E-state index in [9.17, 15) is 4.79 Å². The lowest BCUT2D eigenvalue weighted by atomic mass is 9.79. The highest BCUT2D eigenvalue weighted by Crippen LogP contribution is 2.31. The number of hydrogen-bond acceptors (Lipinski definition) is 1. The van der Waals surface area contributed by atoms with Crippen molar-refractivity contribution >= 4 is 17.5 Å². The van der Waals surface area contributed by atoms with Gasteiger partial charge in [-0.3, -0.25) is 4.79 Å². The molecule has 0 saturated heterocycles. The zero-order valence-corrected chi connectivity index (χ0v) is 13.9. The van der Waals surface area contributed by atoms with E-state index in [4.69, 9.17) is 11.6 Å². The topological polar surface area (TPSA) is 29.1 Å². The second-order valence-electron chi connectivity index (χ2n) is 6.25. The zero-order valence-electron chi connectivity index (χ0n) is 13.1. The maximum atomic E-state index is 12.1. The molecule has 0 aliphatic heterocycles. The first-order valence-corrected chi connectivity index (χ1v) is 9.15. The van der Waals surface area contributed by atoms with E-state index in [1.165, 1.54) is 44.9 Å². The minimum Gasteiger partial charge on any atom is -0.356 e. The fourth-order valence-electron chi connectivity index (χ4n) is 3.14. The monoisotopic (exact) mass is 301 g/mol. The summed E-state index contributed by atoms with van der Waals surface area (Å²) in [5.74, 6) is 2.23. The third-order valence-electron chi connectivity index (χ3n) is 4.54. The number of nitrogens with one attached hydrogen (secondary N) is 1. The Balaban J connectivity index is 2.04. The van der Waals surface area contributed by atoms with Crippen molar-refractivity contribution in [1.29, 1.82) is 0 Å². The number of alkyl halides is 1. The molecule has 0 unspecified atom stereocenters. The molecule has 1 aliphatic rings. The highest BCUT2D eigenvalue weighted by molar-refractivity contribution is 6.17. The first-order valence-electron chi connectivity index (χ1n) is 8.61. The van der Waals surface area contributed by atoms with Gasteiger partial charge < -0.3 is 5.32 Å². The van der Waals surface area contributed by atoms with E-state index in [1.54, 1.807) is 0 Å². The molecule has 0 aromatic rings. The molecule has 0 aromatic heterocycles. The lowest BCUT2D eigenvalue weighted by molar-refractivity contribution is -0.126. The molecular formula is C17H32ClNO. The van der Waals surface area contributed by atoms with Crippen molar-refractivity contribution in [2.24, 2.45) is 11.8 Å². The third-order valence-corrected chi connectivity index (χ3v) is 4.81. The summed E-state index contributed by atoms with van der Waals surface area (Å²) in [6, 6.07) is 0. The van der Waals surface area contributed by atoms with Crippen LogP contribution in [0, 0.1) is 11.8 Å². The van der Waals surface area contributed by atoms with E-state index in [2.05, 4.69) is 12.2 Å². The molecule has 1 aliphatic carbocycles. The van der Waals surface area contributed by atoms with Gasteiger partial charge in [0.25, 0.3) is 0 Å². The maximum absolute atomic E-state index is 12.1. The molecule has 0 atom stereocenters. The van der Waals surface area contributed by atoms with Crippen molar-refractivity contribution in [1.82, 2.24) is 5.32 Å². The van der Waals surface area contributed by atoms with E-state index in [0.29, 0.717) is 5.91 Å². The molecule has 0 spiro atoms. The standard InChI is InChI=1S/C17H32ClNO/c1-2-3-8-15-9-11-16(12-10-15)17(20)19-14-7-5-4-6-13-18/h15-16H,2-14H2,1H3,(H,19,20). The van der Waals surface area contributed by atoms with Crippen LogP contribution in [-0.2, 0) is 4.79 Å². The summed E-state index contributed by atoms with van der Waals surface area (Å²) in [6.45, 7) is 3.10. The maximum Gasteiger partial charge on any atom is 0.223 e. The minimum atomic E-state index is 0.288. The van der Waals surface area contributed by atoms with Gasteiger partial charge in [0.15, 0.2) is 0 Å². The second kappa shape index (κ2) is 11.4. The normalized spacial score (nSPS) is 22.7. The van der Waals surface area contributed by atoms with Gasteiger partial charge >= 0.3 is 0 Å². The molecule has 1 amide bonds. The van der Waals surface area contributed by atoms with Crippen LogP contribution in [0.4, 0.5) is 0 Å². The number of unbranched alkanes of at least 4 members (excludes halogenated alkanes) is 4. The number of rotatable bonds is 10. The molecule has 2 nitrogen and oxygen atoms in total. The molecule has 1 saturated carbocycles. The first kappa shape index (κ1) is 17.8. The fraction of sp³-hybridized carbons (Fsp3) is 0.941. The van der Waals surface area contributed by atoms with Crippen molar-refractivity contribution in [2.45, 2.75) is 77.6 Å². The van der Waals surface area contributed by atoms with Crippen molar-refractivity contribution in [2.75, 3.05) is 12.4 Å². The van der Waals surface area contributed by atoms with Crippen molar-refractivity contribution in [3.05, 3.63) is 0 Å². The van der Waals surface area contributed by atoms with Gasteiger partial charge in [-0.05, 0) is 44.4 Å². The van der Waals surface area contributed by atoms with Crippen LogP contribution in [-0.4, -0.2) is 18.3 Å². The van der Waals surface area contributed by atoms with Crippen LogP contribution < -0.4 is 5.32 Å². The van der Waals surface area contributed by atoms with Crippen LogP contribution >= 0.6 is 11.6 Å². The highest BCUT2D eigenvalue weighted by Gasteiger charge is 2.25. The Labute approximate surface area is 130 Å². The Morgan fingerprint density at radius 1 is 1.05 bits per heavy atom. The number of hydrogen-bond donors (Lipinski definition) is 1. The van der Waals surface area contributed by atoms with E-state index in [0.717, 1.165) is 44.0 Å². The van der Waals surface area contributed by atoms with Gasteiger partial charge in [0.1, 0.15) is 0 Å². The summed E-state index contributed by atoms with van der Waals surface area (Å²) in [6.07, 6.45) is 13.3. The van der Waals surface area contributed by atoms with Crippen LogP contribution in [0.3, 0.4) is 0 Å². The van der Waals surface area contributed by atoms with E-state index < -0.39 is 0 Å². The summed E-state index contributed by atoms with van der Waals surface area (Å²) in [5.41, 5.74) is 0. The van der Waals surface area contributed by atoms with Gasteiger partial charge in [-0.1, -0.05) is 39.0 Å². The van der Waals surface area contributed by atoms with E-state index in [1.807, 2.05) is 0 Å². The van der Waals surface area contributed by atoms with Crippen molar-refractivity contribution < 1.29 is 4.79 Å². The highest BCUT2D eigenvalue weighted by atomic mass is 35.5. The Hall–Kier alpha value is -0.240. The van der Waals surface area contributed by atoms with Crippen LogP contribution in [0.5, 0.6) is 0 Å². The predicted octanol–water partition coefficient (Wildman–Crippen LogP) is 4.90. The molecule has 3 heteroatoms. The lowest BCUT2D eigenvalue weighted by Crippen LogP contribution is -2.33. The summed E-state index contributed by atoms with van der Waals surface area (Å²) in [5, 5.41) is 3.12. The summed E-state index contributed by atoms with van der Waals surface area (Å²) in [4.78, 5) is 12.1. The number of halogens is 1. The molecule has 118 valence electrons. The van der Waals surface area contributed by atoms with Gasteiger partial charge in [-0.2, -0.15) is 0 Å². The average molecular weight is 302 g/mol. The Morgan fingerprint density at radius 3 is 2.40 bits per heavy atom. The summed E-state index contributed by atoms with van der Waals surface area (Å²) >= 11 is 5.64. The van der Waals surface area contributed by atoms with Crippen LogP contribution in [0.15, 0.2) is 0 Å². The van der Waals surface area contributed by atoms with Crippen LogP contribution in [0.25, 0.3) is 0 Å². The van der Waals surface area contributed by atoms with Gasteiger partial charge in [-0.15, -0.1) is 11.6 Å². The molecule has 20 heavy (non-hydrogen) atoms. The molecule has 0 aromatic carbocycles. The van der Waals surface area contributed by atoms with Gasteiger partial charge in [0.05, 0.1) is 0 Å². The van der Waals surface area contributed by atoms with E-state index in [-0.39, 0.29) is 5.92 Å². The Bertz CT molecular complexity index is 249. The molecule has 1 N–H and O–H groups in total. The van der Waals surface area contributed by atoms with Gasteiger partial charge in [0, 0.05) is 18.3 Å². The average Bonchev–Trinajstić information content (AvgIpc) is 2.49. The van der Waals surface area contributed by atoms with Crippen molar-refractivity contribution in [3.63, 3.8) is 0 Å². The number of amides is 1. The lowest BCUT2D eigenvalue weighted by Gasteiger charge is -2.27. The fourth-order valence-corrected chi connectivity index (χ4v) is 3.32. The second-order valence-corrected chi connectivity index (χ2v) is 6.63. The molecule has 1 fully saturated rings. The zero-order chi connectivity index (χ0) is 14.6. The predicted molar refractivity (Wildman–Crippen MR) is 87.2 cm³/mol. The molecule has 0 bridgehead atoms. The third kappa shape index (κ3) is 7.52. The SMILES string of the molecule is CCCCC1CCC(C(=O)NCCCCCCCl)CC1. The quantitative estimate of drug-likeness (QED) is 0.451. The largest absolute Gasteiger partial charge is 0.356 e. The number of carbonyl (C=O) groups is 1. The number of carbonyl (C=O) groups excluding carboxylic acids is 1. The van der Waals surface area contributed by atoms with Gasteiger partial charge in [-0.25, -0.2) is 0 Å². The summed E-state index contributed by atoms with van der Waals surface area (Å²) in [7, 11) is 0. The van der Waals surface area contributed by atoms with Crippen molar-refractivity contribution in [3.8, 4) is 0 Å². The first-order chi connectivity index (χ1) is 9.77. The molecule has 1 rings (SSSR count). The molecule has 0 heterocycles. The van der Waals surface area contributed by atoms with Crippen LogP contribution in [0.2, 0.25) is 0 Å². The van der Waals surface area contributed by atoms with Gasteiger partial charge in [0.2, 0.25) is 5.91 Å². The van der Waals surface area contributed by atoms with E-state index >= 15 is 0 Å². The Kier molecular flexibility index (Phi) is 10.2. The smallest absolute Gasteiger partial charge is 0.223 e. The summed E-state index contributed by atoms with van der Waals surface area (Å²) < 4.78 is 0. The Morgan fingerprint density at radius 2 is 1.75 bits per heavy atom.